The maximum atomic E-state index is 4.49. The number of rotatable bonds is 0. The van der Waals surface area contributed by atoms with E-state index in [0.717, 1.165) is 17.8 Å². The Bertz CT molecular complexity index is 992. The maximum Gasteiger partial charge on any atom is 0.292 e. The van der Waals surface area contributed by atoms with Crippen molar-refractivity contribution in [2.75, 3.05) is 0 Å². The highest BCUT2D eigenvalue weighted by Crippen LogP contribution is 2.33. The molecule has 5 nitrogen and oxygen atoms in total. The molecule has 0 unspecified atom stereocenters. The molecule has 0 bridgehead atoms. The molecule has 1 aliphatic heterocycles. The summed E-state index contributed by atoms with van der Waals surface area (Å²) in [6, 6.07) is 4.15. The van der Waals surface area contributed by atoms with Gasteiger partial charge in [-0.15, -0.1) is 0 Å². The molecule has 4 aromatic rings. The highest BCUT2D eigenvalue weighted by Gasteiger charge is 2.34. The molecule has 5 heteroatoms. The summed E-state index contributed by atoms with van der Waals surface area (Å²) in [5.74, 6) is 1.23. The Labute approximate surface area is 114 Å². The van der Waals surface area contributed by atoms with Crippen LogP contribution in [-0.4, -0.2) is 18.9 Å². The number of imidazole rings is 1. The number of hydrogen-bond donors (Lipinski definition) is 0. The molecule has 0 saturated heterocycles. The fraction of sp³-hybridized carbons (Fsp3) is 0.133. The van der Waals surface area contributed by atoms with Gasteiger partial charge in [0.05, 0.1) is 30.7 Å². The lowest BCUT2D eigenvalue weighted by atomic mass is 10.2. The van der Waals surface area contributed by atoms with Gasteiger partial charge in [-0.25, -0.2) is 9.13 Å². The van der Waals surface area contributed by atoms with E-state index in [1.54, 1.807) is 0 Å². The molecule has 0 radical (unpaired) electrons. The van der Waals surface area contributed by atoms with E-state index < -0.39 is 0 Å². The van der Waals surface area contributed by atoms with Gasteiger partial charge in [0.15, 0.2) is 5.52 Å². The van der Waals surface area contributed by atoms with Crippen molar-refractivity contribution in [3.05, 3.63) is 48.8 Å². The number of fused-ring (bicyclic) bond motifs is 7. The predicted molar refractivity (Wildman–Crippen MR) is 74.2 cm³/mol. The Hall–Kier alpha value is -2.69. The number of nitrogens with zero attached hydrogens (tertiary/aromatic N) is 5. The summed E-state index contributed by atoms with van der Waals surface area (Å²) in [4.78, 5) is 8.74. The third-order valence-electron chi connectivity index (χ3n) is 4.17. The van der Waals surface area contributed by atoms with Gasteiger partial charge in [0.2, 0.25) is 5.52 Å². The average Bonchev–Trinajstić information content (AvgIpc) is 3.10. The Morgan fingerprint density at radius 1 is 1.25 bits per heavy atom. The van der Waals surface area contributed by atoms with Crippen LogP contribution >= 0.6 is 0 Å². The van der Waals surface area contributed by atoms with Gasteiger partial charge >= 0.3 is 0 Å². The first kappa shape index (κ1) is 10.1. The zero-order chi connectivity index (χ0) is 13.3. The summed E-state index contributed by atoms with van der Waals surface area (Å²) in [5.41, 5.74) is 5.97. The quantitative estimate of drug-likeness (QED) is 0.397. The fourth-order valence-corrected chi connectivity index (χ4v) is 3.34. The van der Waals surface area contributed by atoms with Crippen molar-refractivity contribution in [3.63, 3.8) is 0 Å². The van der Waals surface area contributed by atoms with Crippen LogP contribution in [0.4, 0.5) is 0 Å². The van der Waals surface area contributed by atoms with Crippen LogP contribution in [0.3, 0.4) is 0 Å². The zero-order valence-corrected chi connectivity index (χ0v) is 11.0. The highest BCUT2D eigenvalue weighted by molar-refractivity contribution is 5.91. The highest BCUT2D eigenvalue weighted by atomic mass is 15.2. The number of aromatic nitrogens is 5. The van der Waals surface area contributed by atoms with Crippen LogP contribution in [0.1, 0.15) is 5.69 Å². The van der Waals surface area contributed by atoms with E-state index in [2.05, 4.69) is 42.8 Å². The van der Waals surface area contributed by atoms with Crippen molar-refractivity contribution in [2.24, 2.45) is 7.05 Å². The lowest BCUT2D eigenvalue weighted by Gasteiger charge is -1.95. The van der Waals surface area contributed by atoms with E-state index in [1.807, 2.05) is 30.9 Å². The minimum absolute atomic E-state index is 0.840. The van der Waals surface area contributed by atoms with Crippen molar-refractivity contribution in [3.8, 4) is 11.4 Å². The SMILES string of the molecule is C[n+]1c2n(c3cn4ccncc4c31)Cc1ncccc1-2. The lowest BCUT2D eigenvalue weighted by molar-refractivity contribution is -0.633. The van der Waals surface area contributed by atoms with Crippen LogP contribution in [0.25, 0.3) is 27.9 Å². The van der Waals surface area contributed by atoms with E-state index in [-0.39, 0.29) is 0 Å². The topological polar surface area (TPSA) is 39.0 Å². The average molecular weight is 262 g/mol. The summed E-state index contributed by atoms with van der Waals surface area (Å²) in [6.45, 7) is 0.840. The molecule has 0 spiro atoms. The summed E-state index contributed by atoms with van der Waals surface area (Å²) >= 11 is 0. The number of pyridine rings is 1. The monoisotopic (exact) mass is 262 g/mol. The molecule has 0 fully saturated rings. The van der Waals surface area contributed by atoms with Crippen molar-refractivity contribution in [1.82, 2.24) is 18.9 Å². The normalized spacial score (nSPS) is 13.1. The molecule has 0 aliphatic carbocycles. The van der Waals surface area contributed by atoms with Crippen molar-refractivity contribution >= 4 is 16.6 Å². The van der Waals surface area contributed by atoms with Gasteiger partial charge in [-0.05, 0) is 12.1 Å². The Kier molecular flexibility index (Phi) is 1.65. The van der Waals surface area contributed by atoms with Gasteiger partial charge in [-0.1, -0.05) is 0 Å². The molecular weight excluding hydrogens is 250 g/mol. The summed E-state index contributed by atoms with van der Waals surface area (Å²) in [7, 11) is 2.11. The van der Waals surface area contributed by atoms with Gasteiger partial charge < -0.3 is 4.40 Å². The van der Waals surface area contributed by atoms with E-state index in [9.17, 15) is 0 Å². The van der Waals surface area contributed by atoms with E-state index in [0.29, 0.717) is 0 Å². The van der Waals surface area contributed by atoms with Crippen LogP contribution in [-0.2, 0) is 13.6 Å². The number of aryl methyl sites for hydroxylation is 1. The summed E-state index contributed by atoms with van der Waals surface area (Å²) < 4.78 is 6.71. The molecule has 20 heavy (non-hydrogen) atoms. The molecule has 5 heterocycles. The lowest BCUT2D eigenvalue weighted by Crippen LogP contribution is -2.29. The first-order valence-electron chi connectivity index (χ1n) is 6.62. The van der Waals surface area contributed by atoms with Crippen molar-refractivity contribution in [2.45, 2.75) is 6.54 Å². The molecule has 0 N–H and O–H groups in total. The largest absolute Gasteiger partial charge is 0.313 e. The van der Waals surface area contributed by atoms with Gasteiger partial charge in [0, 0.05) is 18.6 Å². The zero-order valence-electron chi connectivity index (χ0n) is 11.0. The van der Waals surface area contributed by atoms with Gasteiger partial charge in [-0.2, -0.15) is 0 Å². The third kappa shape index (κ3) is 1.02. The van der Waals surface area contributed by atoms with Crippen LogP contribution in [0.5, 0.6) is 0 Å². The standard InChI is InChI=1S/C15H12N5/c1-18-14-12-7-16-5-6-19(12)9-13(14)20-8-11-10(15(18)20)3-2-4-17-11/h2-7,9H,8H2,1H3/q+1. The first-order chi connectivity index (χ1) is 9.84. The Balaban J connectivity index is 1.98. The molecule has 1 aliphatic rings. The van der Waals surface area contributed by atoms with Gasteiger partial charge in [0.25, 0.3) is 5.82 Å². The van der Waals surface area contributed by atoms with Crippen LogP contribution < -0.4 is 4.57 Å². The van der Waals surface area contributed by atoms with E-state index in [4.69, 9.17) is 0 Å². The van der Waals surface area contributed by atoms with E-state index >= 15 is 0 Å². The smallest absolute Gasteiger partial charge is 0.292 e. The van der Waals surface area contributed by atoms with Gasteiger partial charge in [-0.3, -0.25) is 9.97 Å². The second-order valence-corrected chi connectivity index (χ2v) is 5.20. The molecule has 0 saturated carbocycles. The van der Waals surface area contributed by atoms with Gasteiger partial charge in [0.1, 0.15) is 12.1 Å². The molecule has 96 valence electrons. The van der Waals surface area contributed by atoms with Crippen LogP contribution in [0.15, 0.2) is 43.1 Å². The molecule has 5 rings (SSSR count). The Morgan fingerprint density at radius 3 is 3.15 bits per heavy atom. The van der Waals surface area contributed by atoms with Crippen molar-refractivity contribution in [1.29, 1.82) is 0 Å². The Morgan fingerprint density at radius 2 is 2.20 bits per heavy atom. The second kappa shape index (κ2) is 3.25. The fourth-order valence-electron chi connectivity index (χ4n) is 3.34. The summed E-state index contributed by atoms with van der Waals surface area (Å²) in [5, 5.41) is 0. The van der Waals surface area contributed by atoms with E-state index in [1.165, 1.54) is 22.4 Å². The van der Waals surface area contributed by atoms with Crippen molar-refractivity contribution < 1.29 is 4.57 Å². The minimum atomic E-state index is 0.840. The molecule has 4 aromatic heterocycles. The molecule has 0 aromatic carbocycles. The molecule has 0 amide bonds. The number of hydrogen-bond acceptors (Lipinski definition) is 2. The second-order valence-electron chi connectivity index (χ2n) is 5.20. The first-order valence-corrected chi connectivity index (χ1v) is 6.62. The molecule has 0 atom stereocenters. The van der Waals surface area contributed by atoms with Crippen LogP contribution in [0.2, 0.25) is 0 Å². The third-order valence-corrected chi connectivity index (χ3v) is 4.17. The minimum Gasteiger partial charge on any atom is -0.313 e. The van der Waals surface area contributed by atoms with Crippen LogP contribution in [0, 0.1) is 0 Å². The predicted octanol–water partition coefficient (Wildman–Crippen LogP) is 1.54. The summed E-state index contributed by atoms with van der Waals surface area (Å²) in [6.07, 6.45) is 9.75. The maximum absolute atomic E-state index is 4.49. The molecular formula is C15H12N5+.